The molecule has 4 aliphatic carbocycles. The van der Waals surface area contributed by atoms with Crippen LogP contribution in [0.3, 0.4) is 0 Å². The Bertz CT molecular complexity index is 721. The summed E-state index contributed by atoms with van der Waals surface area (Å²) >= 11 is 0. The van der Waals surface area contributed by atoms with Crippen LogP contribution in [0.4, 0.5) is 0 Å². The molecule has 4 heterocycles. The molecule has 8 fully saturated rings. The highest BCUT2D eigenvalue weighted by Crippen LogP contribution is 2.81. The third kappa shape index (κ3) is 1.22. The maximum Gasteiger partial charge on any atom is 0.210 e. The van der Waals surface area contributed by atoms with Gasteiger partial charge in [-0.25, -0.2) is 0 Å². The SMILES string of the molecule is CC1C(=O)C23C4OC5OC2(O)C(O)C2C(C)(C)CCC(O)C52C3CCC14. The van der Waals surface area contributed by atoms with Crippen LogP contribution in [-0.4, -0.2) is 51.5 Å². The number of rotatable bonds is 0. The van der Waals surface area contributed by atoms with Gasteiger partial charge < -0.3 is 24.8 Å². The number of aliphatic hydroxyl groups excluding tert-OH is 2. The molecular formula is C20H28O6. The zero-order chi connectivity index (χ0) is 18.4. The first kappa shape index (κ1) is 16.4. The summed E-state index contributed by atoms with van der Waals surface area (Å²) in [5.41, 5.74) is -2.35. The molecule has 0 aromatic carbocycles. The van der Waals surface area contributed by atoms with Crippen LogP contribution in [0.1, 0.15) is 46.5 Å². The van der Waals surface area contributed by atoms with Crippen molar-refractivity contribution in [1.29, 1.82) is 0 Å². The average Bonchev–Trinajstić information content (AvgIpc) is 2.71. The molecule has 2 spiro atoms. The van der Waals surface area contributed by atoms with E-state index in [-0.39, 0.29) is 34.9 Å². The molecule has 4 saturated heterocycles. The minimum absolute atomic E-state index is 0.0388. The summed E-state index contributed by atoms with van der Waals surface area (Å²) < 4.78 is 12.4. The Kier molecular flexibility index (Phi) is 2.67. The number of Topliss-reactive ketones (excluding diaryl/α,β-unsaturated/α-hetero) is 1. The highest BCUT2D eigenvalue weighted by atomic mass is 16.8. The summed E-state index contributed by atoms with van der Waals surface area (Å²) in [5.74, 6) is -2.67. The van der Waals surface area contributed by atoms with E-state index in [4.69, 9.17) is 9.47 Å². The molecule has 11 atom stereocenters. The van der Waals surface area contributed by atoms with E-state index in [1.165, 1.54) is 0 Å². The van der Waals surface area contributed by atoms with E-state index in [2.05, 4.69) is 13.8 Å². The molecule has 0 amide bonds. The quantitative estimate of drug-likeness (QED) is 0.589. The van der Waals surface area contributed by atoms with Crippen LogP contribution in [0.5, 0.6) is 0 Å². The Morgan fingerprint density at radius 2 is 1.88 bits per heavy atom. The number of carbonyl (C=O) groups is 1. The smallest absolute Gasteiger partial charge is 0.210 e. The van der Waals surface area contributed by atoms with Crippen LogP contribution in [0.2, 0.25) is 0 Å². The maximum atomic E-state index is 13.5. The van der Waals surface area contributed by atoms with Gasteiger partial charge in [0.1, 0.15) is 11.5 Å². The van der Waals surface area contributed by atoms with Gasteiger partial charge in [0, 0.05) is 11.8 Å². The number of hydrogen-bond donors (Lipinski definition) is 3. The van der Waals surface area contributed by atoms with Crippen molar-refractivity contribution in [2.45, 2.75) is 76.8 Å². The Balaban J connectivity index is 1.68. The van der Waals surface area contributed by atoms with Crippen LogP contribution >= 0.6 is 0 Å². The van der Waals surface area contributed by atoms with Crippen molar-refractivity contribution >= 4 is 5.78 Å². The molecule has 0 radical (unpaired) electrons. The third-order valence-electron chi connectivity index (χ3n) is 9.54. The topological polar surface area (TPSA) is 96.2 Å². The lowest BCUT2D eigenvalue weighted by Gasteiger charge is -2.79. The van der Waals surface area contributed by atoms with Gasteiger partial charge in [-0.2, -0.15) is 0 Å². The van der Waals surface area contributed by atoms with E-state index in [1.54, 1.807) is 0 Å². The van der Waals surface area contributed by atoms with E-state index in [0.717, 1.165) is 19.3 Å². The molecule has 4 saturated carbocycles. The molecule has 0 aromatic heterocycles. The van der Waals surface area contributed by atoms with Gasteiger partial charge in [0.25, 0.3) is 0 Å². The lowest BCUT2D eigenvalue weighted by atomic mass is 9.34. The van der Waals surface area contributed by atoms with Gasteiger partial charge in [-0.15, -0.1) is 0 Å². The summed E-state index contributed by atoms with van der Waals surface area (Å²) in [6.45, 7) is 6.09. The van der Waals surface area contributed by atoms with Gasteiger partial charge in [0.05, 0.1) is 17.6 Å². The van der Waals surface area contributed by atoms with Gasteiger partial charge in [0.2, 0.25) is 5.79 Å². The zero-order valence-corrected chi connectivity index (χ0v) is 15.5. The first-order chi connectivity index (χ1) is 12.1. The van der Waals surface area contributed by atoms with Crippen molar-refractivity contribution in [3.05, 3.63) is 0 Å². The van der Waals surface area contributed by atoms with Gasteiger partial charge >= 0.3 is 0 Å². The second-order valence-electron chi connectivity index (χ2n) is 10.5. The summed E-state index contributed by atoms with van der Waals surface area (Å²) in [6.07, 6.45) is -0.0608. The van der Waals surface area contributed by atoms with Crippen molar-refractivity contribution < 1.29 is 29.6 Å². The van der Waals surface area contributed by atoms with Crippen LogP contribution in [0.25, 0.3) is 0 Å². The van der Waals surface area contributed by atoms with Crippen LogP contribution in [0, 0.1) is 39.9 Å². The molecule has 7 bridgehead atoms. The molecule has 11 unspecified atom stereocenters. The first-order valence-electron chi connectivity index (χ1n) is 10.1. The predicted molar refractivity (Wildman–Crippen MR) is 88.5 cm³/mol. The molecule has 6 heteroatoms. The lowest BCUT2D eigenvalue weighted by Crippen LogP contribution is -2.91. The highest BCUT2D eigenvalue weighted by Gasteiger charge is 2.92. The molecule has 4 aliphatic heterocycles. The molecule has 8 rings (SSSR count). The van der Waals surface area contributed by atoms with Crippen molar-refractivity contribution in [1.82, 2.24) is 0 Å². The van der Waals surface area contributed by atoms with E-state index >= 15 is 0 Å². The lowest BCUT2D eigenvalue weighted by molar-refractivity contribution is -0.557. The summed E-state index contributed by atoms with van der Waals surface area (Å²) in [7, 11) is 0. The molecule has 3 N–H and O–H groups in total. The summed E-state index contributed by atoms with van der Waals surface area (Å²) in [6, 6.07) is 0. The largest absolute Gasteiger partial charge is 0.392 e. The monoisotopic (exact) mass is 364 g/mol. The Hall–Kier alpha value is -0.530. The fourth-order valence-corrected chi connectivity index (χ4v) is 8.75. The van der Waals surface area contributed by atoms with Crippen molar-refractivity contribution in [3.8, 4) is 0 Å². The number of hydrogen-bond acceptors (Lipinski definition) is 6. The second kappa shape index (κ2) is 4.23. The molecule has 26 heavy (non-hydrogen) atoms. The average molecular weight is 364 g/mol. The molecular weight excluding hydrogens is 336 g/mol. The van der Waals surface area contributed by atoms with Crippen LogP contribution in [0.15, 0.2) is 0 Å². The fourth-order valence-electron chi connectivity index (χ4n) is 8.75. The first-order valence-corrected chi connectivity index (χ1v) is 10.1. The predicted octanol–water partition coefficient (Wildman–Crippen LogP) is 0.819. The number of ether oxygens (including phenoxy) is 2. The molecule has 6 nitrogen and oxygen atoms in total. The molecule has 144 valence electrons. The minimum atomic E-state index is -1.91. The minimum Gasteiger partial charge on any atom is -0.392 e. The number of aliphatic hydroxyl groups is 3. The molecule has 0 aromatic rings. The van der Waals surface area contributed by atoms with Gasteiger partial charge in [-0.1, -0.05) is 20.8 Å². The van der Waals surface area contributed by atoms with Crippen LogP contribution in [-0.2, 0) is 14.3 Å². The third-order valence-corrected chi connectivity index (χ3v) is 9.54. The highest BCUT2D eigenvalue weighted by molar-refractivity contribution is 5.93. The van der Waals surface area contributed by atoms with Gasteiger partial charge in [-0.3, -0.25) is 4.79 Å². The number of carbonyl (C=O) groups excluding carboxylic acids is 1. The van der Waals surface area contributed by atoms with Crippen LogP contribution < -0.4 is 0 Å². The second-order valence-corrected chi connectivity index (χ2v) is 10.5. The van der Waals surface area contributed by atoms with Crippen molar-refractivity contribution in [3.63, 3.8) is 0 Å². The summed E-state index contributed by atoms with van der Waals surface area (Å²) in [5, 5.41) is 34.4. The maximum absolute atomic E-state index is 13.5. The Labute approximate surface area is 152 Å². The standard InChI is InChI=1S/C20H28O6/c1-8-9-4-5-10-18-11(21)6-7-17(2,3)12(18)14(23)20(24)19(10,13(8)22)15(9)25-16(18)26-20/h8-12,14-16,21,23-24H,4-7H2,1-3H3. The summed E-state index contributed by atoms with van der Waals surface area (Å²) in [4.78, 5) is 13.5. The zero-order valence-electron chi connectivity index (χ0n) is 15.5. The van der Waals surface area contributed by atoms with E-state index in [1.807, 2.05) is 6.92 Å². The normalized spacial score (nSPS) is 66.8. The van der Waals surface area contributed by atoms with E-state index in [9.17, 15) is 20.1 Å². The van der Waals surface area contributed by atoms with Crippen molar-refractivity contribution in [2.24, 2.45) is 39.9 Å². The Morgan fingerprint density at radius 1 is 1.15 bits per heavy atom. The number of ketones is 1. The van der Waals surface area contributed by atoms with Gasteiger partial charge in [-0.05, 0) is 42.9 Å². The molecule has 8 aliphatic rings. The van der Waals surface area contributed by atoms with E-state index in [0.29, 0.717) is 6.42 Å². The van der Waals surface area contributed by atoms with Gasteiger partial charge in [0.15, 0.2) is 12.1 Å². The van der Waals surface area contributed by atoms with E-state index < -0.39 is 41.2 Å². The Morgan fingerprint density at radius 3 is 2.62 bits per heavy atom. The van der Waals surface area contributed by atoms with Crippen molar-refractivity contribution in [2.75, 3.05) is 0 Å². The fraction of sp³-hybridized carbons (Fsp3) is 0.950.